The standard InChI is InChI=1S/C16H25NO2/c1-12-10-13(8-9-16(12)19-3)11-17(2)14-6-4-5-7-15(14)18/h8-10,14-15,18H,4-7,11H2,1-3H3. The molecule has 1 fully saturated rings. The number of ether oxygens (including phenoxy) is 1. The zero-order valence-electron chi connectivity index (χ0n) is 12.2. The molecule has 2 unspecified atom stereocenters. The molecule has 0 heterocycles. The van der Waals surface area contributed by atoms with Gasteiger partial charge in [-0.2, -0.15) is 0 Å². The van der Waals surface area contributed by atoms with Crippen molar-refractivity contribution in [3.05, 3.63) is 29.3 Å². The Morgan fingerprint density at radius 2 is 2.05 bits per heavy atom. The Morgan fingerprint density at radius 1 is 1.32 bits per heavy atom. The largest absolute Gasteiger partial charge is 0.496 e. The third-order valence-corrected chi connectivity index (χ3v) is 4.15. The third-order valence-electron chi connectivity index (χ3n) is 4.15. The predicted molar refractivity (Wildman–Crippen MR) is 77.5 cm³/mol. The quantitative estimate of drug-likeness (QED) is 0.906. The second-order valence-electron chi connectivity index (χ2n) is 5.64. The minimum Gasteiger partial charge on any atom is -0.496 e. The van der Waals surface area contributed by atoms with E-state index in [0.717, 1.165) is 37.1 Å². The van der Waals surface area contributed by atoms with E-state index in [2.05, 4.69) is 31.0 Å². The van der Waals surface area contributed by atoms with E-state index in [1.165, 1.54) is 12.0 Å². The molecule has 1 aliphatic carbocycles. The normalized spacial score (nSPS) is 23.6. The first-order chi connectivity index (χ1) is 9.11. The zero-order chi connectivity index (χ0) is 13.8. The summed E-state index contributed by atoms with van der Waals surface area (Å²) < 4.78 is 5.28. The van der Waals surface area contributed by atoms with Crippen LogP contribution in [-0.2, 0) is 6.54 Å². The summed E-state index contributed by atoms with van der Waals surface area (Å²) in [6.07, 6.45) is 4.27. The molecular formula is C16H25NO2. The second-order valence-corrected chi connectivity index (χ2v) is 5.64. The van der Waals surface area contributed by atoms with E-state index in [4.69, 9.17) is 4.74 Å². The van der Waals surface area contributed by atoms with Crippen molar-refractivity contribution in [1.82, 2.24) is 4.90 Å². The van der Waals surface area contributed by atoms with Crippen LogP contribution in [0.5, 0.6) is 5.75 Å². The fourth-order valence-electron chi connectivity index (χ4n) is 3.05. The van der Waals surface area contributed by atoms with Gasteiger partial charge in [0.25, 0.3) is 0 Å². The monoisotopic (exact) mass is 263 g/mol. The summed E-state index contributed by atoms with van der Waals surface area (Å²) in [5.41, 5.74) is 2.44. The maximum Gasteiger partial charge on any atom is 0.121 e. The van der Waals surface area contributed by atoms with E-state index in [1.54, 1.807) is 7.11 Å². The van der Waals surface area contributed by atoms with Crippen molar-refractivity contribution in [1.29, 1.82) is 0 Å². The molecule has 0 amide bonds. The summed E-state index contributed by atoms with van der Waals surface area (Å²) in [7, 11) is 3.81. The molecule has 1 aliphatic rings. The fraction of sp³-hybridized carbons (Fsp3) is 0.625. The minimum atomic E-state index is -0.168. The lowest BCUT2D eigenvalue weighted by molar-refractivity contribution is 0.0288. The molecule has 1 N–H and O–H groups in total. The Hall–Kier alpha value is -1.06. The SMILES string of the molecule is COc1ccc(CN(C)C2CCCCC2O)cc1C. The van der Waals surface area contributed by atoms with Gasteiger partial charge in [0.2, 0.25) is 0 Å². The van der Waals surface area contributed by atoms with Gasteiger partial charge in [-0.1, -0.05) is 25.0 Å². The smallest absolute Gasteiger partial charge is 0.121 e. The first-order valence-electron chi connectivity index (χ1n) is 7.13. The lowest BCUT2D eigenvalue weighted by Crippen LogP contribution is -2.42. The molecule has 19 heavy (non-hydrogen) atoms. The highest BCUT2D eigenvalue weighted by Gasteiger charge is 2.26. The average molecular weight is 263 g/mol. The first kappa shape index (κ1) is 14.4. The molecule has 106 valence electrons. The molecule has 2 rings (SSSR count). The summed E-state index contributed by atoms with van der Waals surface area (Å²) in [4.78, 5) is 2.28. The van der Waals surface area contributed by atoms with Gasteiger partial charge in [0.05, 0.1) is 13.2 Å². The number of aryl methyl sites for hydroxylation is 1. The van der Waals surface area contributed by atoms with Crippen molar-refractivity contribution in [2.75, 3.05) is 14.2 Å². The number of nitrogens with zero attached hydrogens (tertiary/aromatic N) is 1. The van der Waals surface area contributed by atoms with Gasteiger partial charge in [0.1, 0.15) is 5.75 Å². The van der Waals surface area contributed by atoms with Crippen molar-refractivity contribution in [2.24, 2.45) is 0 Å². The third kappa shape index (κ3) is 3.48. The van der Waals surface area contributed by atoms with Gasteiger partial charge < -0.3 is 9.84 Å². The van der Waals surface area contributed by atoms with Gasteiger partial charge in [-0.3, -0.25) is 4.90 Å². The van der Waals surface area contributed by atoms with Gasteiger partial charge in [0.15, 0.2) is 0 Å². The van der Waals surface area contributed by atoms with Crippen LogP contribution < -0.4 is 4.74 Å². The molecule has 0 bridgehead atoms. The highest BCUT2D eigenvalue weighted by atomic mass is 16.5. The molecule has 1 aromatic rings. The Balaban J connectivity index is 2.01. The van der Waals surface area contributed by atoms with E-state index in [0.29, 0.717) is 6.04 Å². The van der Waals surface area contributed by atoms with Gasteiger partial charge in [0, 0.05) is 12.6 Å². The Bertz CT molecular complexity index is 419. The Morgan fingerprint density at radius 3 is 2.68 bits per heavy atom. The van der Waals surface area contributed by atoms with Crippen molar-refractivity contribution in [3.63, 3.8) is 0 Å². The van der Waals surface area contributed by atoms with Crippen LogP contribution >= 0.6 is 0 Å². The summed E-state index contributed by atoms with van der Waals surface area (Å²) in [6.45, 7) is 2.95. The first-order valence-corrected chi connectivity index (χ1v) is 7.13. The molecule has 0 spiro atoms. The number of hydrogen-bond acceptors (Lipinski definition) is 3. The molecule has 2 atom stereocenters. The summed E-state index contributed by atoms with van der Waals surface area (Å²) >= 11 is 0. The molecule has 3 nitrogen and oxygen atoms in total. The van der Waals surface area contributed by atoms with E-state index in [9.17, 15) is 5.11 Å². The van der Waals surface area contributed by atoms with Crippen molar-refractivity contribution in [3.8, 4) is 5.75 Å². The fourth-order valence-corrected chi connectivity index (χ4v) is 3.05. The number of hydrogen-bond donors (Lipinski definition) is 1. The topological polar surface area (TPSA) is 32.7 Å². The highest BCUT2D eigenvalue weighted by molar-refractivity contribution is 5.36. The molecule has 1 aromatic carbocycles. The van der Waals surface area contributed by atoms with Crippen LogP contribution in [0.1, 0.15) is 36.8 Å². The van der Waals surface area contributed by atoms with Crippen molar-refractivity contribution in [2.45, 2.75) is 51.3 Å². The van der Waals surface area contributed by atoms with E-state index in [1.807, 2.05) is 6.07 Å². The lowest BCUT2D eigenvalue weighted by Gasteiger charge is -2.35. The summed E-state index contributed by atoms with van der Waals surface area (Å²) in [5.74, 6) is 0.934. The second kappa shape index (κ2) is 6.40. The minimum absolute atomic E-state index is 0.168. The maximum atomic E-state index is 10.1. The van der Waals surface area contributed by atoms with E-state index >= 15 is 0 Å². The van der Waals surface area contributed by atoms with Crippen LogP contribution in [-0.4, -0.2) is 36.3 Å². The summed E-state index contributed by atoms with van der Waals surface area (Å²) in [6, 6.07) is 6.61. The molecule has 3 heteroatoms. The van der Waals surface area contributed by atoms with E-state index < -0.39 is 0 Å². The lowest BCUT2D eigenvalue weighted by atomic mass is 9.91. The number of aliphatic hydroxyl groups excluding tert-OH is 1. The average Bonchev–Trinajstić information content (AvgIpc) is 2.39. The molecule has 0 radical (unpaired) electrons. The predicted octanol–water partition coefficient (Wildman–Crippen LogP) is 2.74. The van der Waals surface area contributed by atoms with Gasteiger partial charge in [-0.15, -0.1) is 0 Å². The molecule has 0 aromatic heterocycles. The Kier molecular flexibility index (Phi) is 4.83. The van der Waals surface area contributed by atoms with Gasteiger partial charge in [-0.05, 0) is 44.0 Å². The van der Waals surface area contributed by atoms with Crippen LogP contribution in [0, 0.1) is 6.92 Å². The van der Waals surface area contributed by atoms with Crippen molar-refractivity contribution >= 4 is 0 Å². The molecule has 0 saturated heterocycles. The molecular weight excluding hydrogens is 238 g/mol. The Labute approximate surface area is 116 Å². The van der Waals surface area contributed by atoms with Crippen LogP contribution in [0.15, 0.2) is 18.2 Å². The van der Waals surface area contributed by atoms with E-state index in [-0.39, 0.29) is 6.10 Å². The maximum absolute atomic E-state index is 10.1. The highest BCUT2D eigenvalue weighted by Crippen LogP contribution is 2.25. The summed E-state index contributed by atoms with van der Waals surface area (Å²) in [5, 5.41) is 10.1. The van der Waals surface area contributed by atoms with Crippen molar-refractivity contribution < 1.29 is 9.84 Å². The van der Waals surface area contributed by atoms with Crippen LogP contribution in [0.25, 0.3) is 0 Å². The van der Waals surface area contributed by atoms with Gasteiger partial charge >= 0.3 is 0 Å². The van der Waals surface area contributed by atoms with Gasteiger partial charge in [-0.25, -0.2) is 0 Å². The van der Waals surface area contributed by atoms with Crippen LogP contribution in [0.4, 0.5) is 0 Å². The number of benzene rings is 1. The number of methoxy groups -OCH3 is 1. The zero-order valence-corrected chi connectivity index (χ0v) is 12.2. The van der Waals surface area contributed by atoms with Crippen LogP contribution in [0.3, 0.4) is 0 Å². The molecule has 0 aliphatic heterocycles. The number of rotatable bonds is 4. The number of likely N-dealkylation sites (N-methyl/N-ethyl adjacent to an activating group) is 1. The number of aliphatic hydroxyl groups is 1. The van der Waals surface area contributed by atoms with Crippen LogP contribution in [0.2, 0.25) is 0 Å². The molecule has 1 saturated carbocycles.